The van der Waals surface area contributed by atoms with Gasteiger partial charge in [0, 0.05) is 12.4 Å². The standard InChI is InChI=1S/C12H17F3N2OS.C11H13F3N2OS/c1-8(17-19(18)11(2,3)4)10-7-9(5-6-16-10)12(13,14)15;1-10(2,3)18(17)16-7-9-6-8(4-5-15-9)11(12,13)14/h5-8,17H,1-4H3;4-7H,1-3H3/t8-,19-;18-/m11/s1. The van der Waals surface area contributed by atoms with Crippen molar-refractivity contribution in [2.45, 2.75) is 76.4 Å². The van der Waals surface area contributed by atoms with Crippen molar-refractivity contribution in [1.82, 2.24) is 14.7 Å². The van der Waals surface area contributed by atoms with Crippen LogP contribution in [0.2, 0.25) is 0 Å². The number of aromatic nitrogens is 2. The highest BCUT2D eigenvalue weighted by atomic mass is 32.2. The Morgan fingerprint density at radius 3 is 1.78 bits per heavy atom. The van der Waals surface area contributed by atoms with Gasteiger partial charge in [-0.1, -0.05) is 0 Å². The van der Waals surface area contributed by atoms with Gasteiger partial charge in [0.15, 0.2) is 0 Å². The summed E-state index contributed by atoms with van der Waals surface area (Å²) in [4.78, 5) is 7.61. The summed E-state index contributed by atoms with van der Waals surface area (Å²) in [7, 11) is -2.88. The van der Waals surface area contributed by atoms with E-state index in [1.165, 1.54) is 0 Å². The van der Waals surface area contributed by atoms with Crippen LogP contribution in [0.3, 0.4) is 0 Å². The Kier molecular flexibility index (Phi) is 11.2. The number of hydrogen-bond acceptors (Lipinski definition) is 4. The molecule has 0 bridgehead atoms. The molecule has 0 unspecified atom stereocenters. The van der Waals surface area contributed by atoms with Crippen molar-refractivity contribution in [1.29, 1.82) is 0 Å². The van der Waals surface area contributed by atoms with E-state index < -0.39 is 61.0 Å². The average Bonchev–Trinajstić information content (AvgIpc) is 2.75. The number of pyridine rings is 2. The SMILES string of the molecule is CC(C)(C)[S@@](=O)N=Cc1cc(C(F)(F)F)ccn1.C[C@@H](N[S@](=O)C(C)(C)C)c1cc(C(F)(F)F)ccn1. The monoisotopic (exact) mass is 572 g/mol. The van der Waals surface area contributed by atoms with Crippen molar-refractivity contribution in [2.24, 2.45) is 4.40 Å². The Morgan fingerprint density at radius 1 is 0.838 bits per heavy atom. The molecule has 0 aliphatic heterocycles. The van der Waals surface area contributed by atoms with Crippen molar-refractivity contribution in [3.63, 3.8) is 0 Å². The summed E-state index contributed by atoms with van der Waals surface area (Å²) in [5.41, 5.74) is -1.32. The summed E-state index contributed by atoms with van der Waals surface area (Å²) in [6.45, 7) is 12.1. The van der Waals surface area contributed by atoms with Crippen molar-refractivity contribution in [2.75, 3.05) is 0 Å². The predicted molar refractivity (Wildman–Crippen MR) is 133 cm³/mol. The molecule has 0 radical (unpaired) electrons. The fourth-order valence-electron chi connectivity index (χ4n) is 2.21. The third-order valence-corrected chi connectivity index (χ3v) is 7.33. The topological polar surface area (TPSA) is 84.3 Å². The van der Waals surface area contributed by atoms with Crippen LogP contribution in [0, 0.1) is 0 Å². The summed E-state index contributed by atoms with van der Waals surface area (Å²) in [5.74, 6) is 0. The van der Waals surface area contributed by atoms with Gasteiger partial charge in [-0.05, 0) is 72.7 Å². The van der Waals surface area contributed by atoms with Gasteiger partial charge in [-0.25, -0.2) is 13.1 Å². The molecule has 37 heavy (non-hydrogen) atoms. The van der Waals surface area contributed by atoms with Crippen LogP contribution in [0.4, 0.5) is 26.3 Å². The van der Waals surface area contributed by atoms with E-state index in [0.29, 0.717) is 0 Å². The summed E-state index contributed by atoms with van der Waals surface area (Å²) < 4.78 is 104. The number of hydrogen-bond donors (Lipinski definition) is 1. The van der Waals surface area contributed by atoms with E-state index in [-0.39, 0.29) is 11.4 Å². The minimum Gasteiger partial charge on any atom is -0.260 e. The van der Waals surface area contributed by atoms with E-state index in [1.54, 1.807) is 48.5 Å². The van der Waals surface area contributed by atoms with Crippen LogP contribution in [-0.2, 0) is 34.3 Å². The van der Waals surface area contributed by atoms with Gasteiger partial charge in [0.2, 0.25) is 0 Å². The zero-order valence-electron chi connectivity index (χ0n) is 21.4. The zero-order valence-corrected chi connectivity index (χ0v) is 23.0. The molecule has 3 atom stereocenters. The molecule has 2 aromatic rings. The maximum absolute atomic E-state index is 12.6. The first kappa shape index (κ1) is 32.8. The molecule has 0 fully saturated rings. The van der Waals surface area contributed by atoms with Gasteiger partial charge in [-0.15, -0.1) is 0 Å². The molecule has 6 nitrogen and oxygen atoms in total. The highest BCUT2D eigenvalue weighted by Gasteiger charge is 2.32. The molecule has 0 aromatic carbocycles. The lowest BCUT2D eigenvalue weighted by atomic mass is 10.1. The van der Waals surface area contributed by atoms with E-state index in [9.17, 15) is 34.8 Å². The van der Waals surface area contributed by atoms with Crippen LogP contribution in [0.1, 0.15) is 77.0 Å². The lowest BCUT2D eigenvalue weighted by molar-refractivity contribution is -0.138. The first-order valence-corrected chi connectivity index (χ1v) is 13.1. The molecule has 2 rings (SSSR count). The smallest absolute Gasteiger partial charge is 0.260 e. The van der Waals surface area contributed by atoms with Crippen LogP contribution in [0.5, 0.6) is 0 Å². The van der Waals surface area contributed by atoms with E-state index in [4.69, 9.17) is 0 Å². The van der Waals surface area contributed by atoms with Gasteiger partial charge in [0.05, 0.1) is 55.3 Å². The Balaban J connectivity index is 0.000000371. The first-order valence-electron chi connectivity index (χ1n) is 10.8. The fourth-order valence-corrected chi connectivity index (χ4v) is 3.53. The van der Waals surface area contributed by atoms with Crippen LogP contribution in [0.15, 0.2) is 41.1 Å². The van der Waals surface area contributed by atoms with Crippen LogP contribution >= 0.6 is 0 Å². The second kappa shape index (κ2) is 12.6. The third kappa shape index (κ3) is 11.4. The number of halogens is 6. The van der Waals surface area contributed by atoms with E-state index in [1.807, 2.05) is 0 Å². The van der Waals surface area contributed by atoms with Crippen LogP contribution < -0.4 is 4.72 Å². The highest BCUT2D eigenvalue weighted by Crippen LogP contribution is 2.30. The summed E-state index contributed by atoms with van der Waals surface area (Å²) in [6.07, 6.45) is -5.58. The molecule has 0 spiro atoms. The number of rotatable bonds is 5. The van der Waals surface area contributed by atoms with Gasteiger partial charge in [-0.2, -0.15) is 30.7 Å². The maximum Gasteiger partial charge on any atom is 0.416 e. The third-order valence-electron chi connectivity index (χ3n) is 4.31. The van der Waals surface area contributed by atoms with Gasteiger partial charge in [-0.3, -0.25) is 9.97 Å². The number of nitrogens with one attached hydrogen (secondary N) is 1. The molecule has 208 valence electrons. The van der Waals surface area contributed by atoms with E-state index in [0.717, 1.165) is 42.9 Å². The van der Waals surface area contributed by atoms with Gasteiger partial charge >= 0.3 is 12.4 Å². The molecule has 0 aliphatic rings. The Morgan fingerprint density at radius 2 is 1.32 bits per heavy atom. The molecule has 1 N–H and O–H groups in total. The zero-order chi connectivity index (χ0) is 28.8. The van der Waals surface area contributed by atoms with Crippen molar-refractivity contribution in [3.8, 4) is 0 Å². The number of nitrogens with zero attached hydrogens (tertiary/aromatic N) is 3. The van der Waals surface area contributed by atoms with Crippen molar-refractivity contribution in [3.05, 3.63) is 59.2 Å². The molecule has 0 saturated heterocycles. The fraction of sp³-hybridized carbons (Fsp3) is 0.522. The summed E-state index contributed by atoms with van der Waals surface area (Å²) in [5, 5.41) is 0. The molecule has 0 saturated carbocycles. The summed E-state index contributed by atoms with van der Waals surface area (Å²) in [6, 6.07) is 3.10. The van der Waals surface area contributed by atoms with Crippen molar-refractivity contribution < 1.29 is 34.8 Å². The Labute approximate surface area is 217 Å². The number of alkyl halides is 6. The van der Waals surface area contributed by atoms with Gasteiger partial charge in [0.1, 0.15) is 11.0 Å². The van der Waals surface area contributed by atoms with Crippen molar-refractivity contribution >= 4 is 28.2 Å². The predicted octanol–water partition coefficient (Wildman–Crippen LogP) is 6.19. The highest BCUT2D eigenvalue weighted by molar-refractivity contribution is 7.85. The second-order valence-corrected chi connectivity index (χ2v) is 13.7. The molecular formula is C23H30F6N4O2S2. The largest absolute Gasteiger partial charge is 0.416 e. The quantitative estimate of drug-likeness (QED) is 0.342. The van der Waals surface area contributed by atoms with Gasteiger partial charge in [0.25, 0.3) is 0 Å². The molecule has 14 heteroatoms. The maximum atomic E-state index is 12.6. The first-order chi connectivity index (χ1) is 16.6. The van der Waals surface area contributed by atoms with E-state index in [2.05, 4.69) is 19.1 Å². The minimum absolute atomic E-state index is 0.0300. The normalized spacial score (nSPS) is 15.6. The van der Waals surface area contributed by atoms with E-state index >= 15 is 0 Å². The van der Waals surface area contributed by atoms with Gasteiger partial charge < -0.3 is 0 Å². The summed E-state index contributed by atoms with van der Waals surface area (Å²) >= 11 is 0. The lowest BCUT2D eigenvalue weighted by Crippen LogP contribution is -2.35. The molecule has 0 aliphatic carbocycles. The molecule has 2 heterocycles. The second-order valence-electron chi connectivity index (χ2n) is 9.75. The lowest BCUT2D eigenvalue weighted by Gasteiger charge is -2.22. The Bertz CT molecular complexity index is 1120. The molecule has 2 aromatic heterocycles. The molecular weight excluding hydrogens is 542 g/mol. The molecule has 0 amide bonds. The van der Waals surface area contributed by atoms with Crippen LogP contribution in [0.25, 0.3) is 0 Å². The Hall–Kier alpha value is -2.19. The minimum atomic E-state index is -4.42. The van der Waals surface area contributed by atoms with Crippen LogP contribution in [-0.4, -0.2) is 34.1 Å². The average molecular weight is 573 g/mol.